The third-order valence-electron chi connectivity index (χ3n) is 4.03. The van der Waals surface area contributed by atoms with Crippen molar-refractivity contribution in [2.75, 3.05) is 0 Å². The highest BCUT2D eigenvalue weighted by Crippen LogP contribution is 2.27. The van der Waals surface area contributed by atoms with E-state index in [-0.39, 0.29) is 0 Å². The van der Waals surface area contributed by atoms with Gasteiger partial charge >= 0.3 is 0 Å². The van der Waals surface area contributed by atoms with Gasteiger partial charge in [0.1, 0.15) is 0 Å². The molecular formula is C15H25N3. The smallest absolute Gasteiger partial charge is 0.0300 e. The average molecular weight is 247 g/mol. The number of rotatable bonds is 5. The normalized spacial score (nSPS) is 19.4. The third-order valence-corrected chi connectivity index (χ3v) is 4.03. The molecule has 1 aromatic rings. The lowest BCUT2D eigenvalue weighted by molar-refractivity contribution is 0.352. The Hall–Kier alpha value is -0.930. The zero-order valence-corrected chi connectivity index (χ0v) is 11.1. The molecule has 0 radical (unpaired) electrons. The number of nitrogens with one attached hydrogen (secondary N) is 1. The first-order valence-electron chi connectivity index (χ1n) is 7.23. The van der Waals surface area contributed by atoms with Crippen molar-refractivity contribution in [3.8, 4) is 0 Å². The second-order valence-corrected chi connectivity index (χ2v) is 5.52. The zero-order valence-electron chi connectivity index (χ0n) is 11.1. The van der Waals surface area contributed by atoms with Gasteiger partial charge in [0, 0.05) is 18.4 Å². The number of hydrogen-bond acceptors (Lipinski definition) is 3. The Morgan fingerprint density at radius 2 is 2.06 bits per heavy atom. The molecular weight excluding hydrogens is 222 g/mol. The summed E-state index contributed by atoms with van der Waals surface area (Å²) in [5.41, 5.74) is 4.26. The maximum atomic E-state index is 5.71. The fourth-order valence-electron chi connectivity index (χ4n) is 3.02. The summed E-state index contributed by atoms with van der Waals surface area (Å²) >= 11 is 0. The number of aromatic nitrogens is 1. The minimum atomic E-state index is 0.386. The maximum Gasteiger partial charge on any atom is 0.0300 e. The van der Waals surface area contributed by atoms with Gasteiger partial charge in [0.15, 0.2) is 0 Å². The molecule has 1 aliphatic rings. The van der Waals surface area contributed by atoms with Crippen molar-refractivity contribution in [1.29, 1.82) is 0 Å². The summed E-state index contributed by atoms with van der Waals surface area (Å²) in [7, 11) is 0. The zero-order chi connectivity index (χ0) is 12.6. The van der Waals surface area contributed by atoms with Gasteiger partial charge in [-0.1, -0.05) is 44.6 Å². The number of hydrogen-bond donors (Lipinski definition) is 2. The first-order chi connectivity index (χ1) is 8.88. The van der Waals surface area contributed by atoms with Crippen LogP contribution in [0.25, 0.3) is 0 Å². The lowest BCUT2D eigenvalue weighted by atomic mass is 9.90. The number of pyridine rings is 1. The Morgan fingerprint density at radius 1 is 1.28 bits per heavy atom. The summed E-state index contributed by atoms with van der Waals surface area (Å²) in [6.07, 6.45) is 14.3. The van der Waals surface area contributed by atoms with E-state index in [1.807, 2.05) is 18.5 Å². The van der Waals surface area contributed by atoms with Gasteiger partial charge < -0.3 is 0 Å². The summed E-state index contributed by atoms with van der Waals surface area (Å²) in [4.78, 5) is 4.17. The average Bonchev–Trinajstić information content (AvgIpc) is 2.68. The van der Waals surface area contributed by atoms with E-state index in [0.717, 1.165) is 12.3 Å². The van der Waals surface area contributed by atoms with Crippen LogP contribution in [-0.4, -0.2) is 11.0 Å². The fourth-order valence-corrected chi connectivity index (χ4v) is 3.02. The molecule has 1 saturated carbocycles. The van der Waals surface area contributed by atoms with Gasteiger partial charge in [0.2, 0.25) is 0 Å². The molecule has 0 bridgehead atoms. The van der Waals surface area contributed by atoms with E-state index < -0.39 is 0 Å². The molecule has 0 aliphatic heterocycles. The Bertz CT molecular complexity index is 318. The lowest BCUT2D eigenvalue weighted by Crippen LogP contribution is -2.38. The monoisotopic (exact) mass is 247 g/mol. The van der Waals surface area contributed by atoms with Gasteiger partial charge in [-0.15, -0.1) is 0 Å². The molecule has 0 spiro atoms. The van der Waals surface area contributed by atoms with Crippen LogP contribution in [0.4, 0.5) is 0 Å². The van der Waals surface area contributed by atoms with E-state index >= 15 is 0 Å². The minimum Gasteiger partial charge on any atom is -0.271 e. The summed E-state index contributed by atoms with van der Waals surface area (Å²) in [6.45, 7) is 0. The fraction of sp³-hybridized carbons (Fsp3) is 0.667. The second kappa shape index (κ2) is 7.49. The van der Waals surface area contributed by atoms with Crippen molar-refractivity contribution in [1.82, 2.24) is 10.4 Å². The van der Waals surface area contributed by atoms with E-state index in [0.29, 0.717) is 6.04 Å². The van der Waals surface area contributed by atoms with E-state index in [2.05, 4.69) is 16.5 Å². The Morgan fingerprint density at radius 3 is 2.67 bits per heavy atom. The molecule has 1 heterocycles. The van der Waals surface area contributed by atoms with Crippen LogP contribution < -0.4 is 11.3 Å². The second-order valence-electron chi connectivity index (χ2n) is 5.52. The van der Waals surface area contributed by atoms with E-state index in [9.17, 15) is 0 Å². The van der Waals surface area contributed by atoms with Crippen LogP contribution in [0.2, 0.25) is 0 Å². The third kappa shape index (κ3) is 4.39. The molecule has 1 atom stereocenters. The highest BCUT2D eigenvalue weighted by Gasteiger charge is 2.17. The number of nitrogens with zero attached hydrogens (tertiary/aromatic N) is 1. The molecule has 1 aliphatic carbocycles. The molecule has 0 saturated heterocycles. The van der Waals surface area contributed by atoms with Crippen molar-refractivity contribution in [3.63, 3.8) is 0 Å². The van der Waals surface area contributed by atoms with Crippen LogP contribution in [0.1, 0.15) is 50.5 Å². The van der Waals surface area contributed by atoms with Gasteiger partial charge in [-0.2, -0.15) is 0 Å². The predicted molar refractivity (Wildman–Crippen MR) is 74.9 cm³/mol. The van der Waals surface area contributed by atoms with Gasteiger partial charge in [-0.25, -0.2) is 0 Å². The highest BCUT2D eigenvalue weighted by atomic mass is 15.2. The molecule has 3 N–H and O–H groups in total. The van der Waals surface area contributed by atoms with Crippen molar-refractivity contribution in [2.24, 2.45) is 11.8 Å². The lowest BCUT2D eigenvalue weighted by Gasteiger charge is -2.22. The molecule has 18 heavy (non-hydrogen) atoms. The summed E-state index contributed by atoms with van der Waals surface area (Å²) in [5, 5.41) is 0. The largest absolute Gasteiger partial charge is 0.271 e. The minimum absolute atomic E-state index is 0.386. The molecule has 1 fully saturated rings. The van der Waals surface area contributed by atoms with Gasteiger partial charge in [-0.3, -0.25) is 16.3 Å². The Balaban J connectivity index is 1.84. The first kappa shape index (κ1) is 13.5. The van der Waals surface area contributed by atoms with Crippen LogP contribution in [0.15, 0.2) is 24.5 Å². The topological polar surface area (TPSA) is 50.9 Å². The first-order valence-corrected chi connectivity index (χ1v) is 7.23. The van der Waals surface area contributed by atoms with E-state index in [1.165, 1.54) is 50.5 Å². The van der Waals surface area contributed by atoms with Crippen molar-refractivity contribution < 1.29 is 0 Å². The maximum absolute atomic E-state index is 5.71. The molecule has 2 rings (SSSR count). The molecule has 0 aromatic carbocycles. The summed E-state index contributed by atoms with van der Waals surface area (Å²) in [6, 6.07) is 4.51. The highest BCUT2D eigenvalue weighted by molar-refractivity contribution is 5.10. The van der Waals surface area contributed by atoms with Gasteiger partial charge in [0.05, 0.1) is 0 Å². The van der Waals surface area contributed by atoms with Crippen LogP contribution in [-0.2, 0) is 6.42 Å². The van der Waals surface area contributed by atoms with Crippen molar-refractivity contribution in [3.05, 3.63) is 30.1 Å². The van der Waals surface area contributed by atoms with Crippen molar-refractivity contribution >= 4 is 0 Å². The molecule has 1 unspecified atom stereocenters. The van der Waals surface area contributed by atoms with Crippen LogP contribution in [0, 0.1) is 5.92 Å². The summed E-state index contributed by atoms with van der Waals surface area (Å²) < 4.78 is 0. The van der Waals surface area contributed by atoms with Crippen LogP contribution >= 0.6 is 0 Å². The van der Waals surface area contributed by atoms with Crippen molar-refractivity contribution in [2.45, 2.75) is 57.4 Å². The standard InChI is InChI=1S/C15H25N3/c16-18-15(11-14-8-5-9-17-12-14)10-13-6-3-1-2-4-7-13/h5,8-9,12-13,15,18H,1-4,6-7,10-11,16H2. The van der Waals surface area contributed by atoms with Crippen LogP contribution in [0.3, 0.4) is 0 Å². The van der Waals surface area contributed by atoms with E-state index in [4.69, 9.17) is 5.84 Å². The Labute approximate surface area is 110 Å². The molecule has 3 heteroatoms. The van der Waals surface area contributed by atoms with Gasteiger partial charge in [-0.05, 0) is 30.4 Å². The number of hydrazine groups is 1. The molecule has 100 valence electrons. The quantitative estimate of drug-likeness (QED) is 0.478. The Kier molecular flexibility index (Phi) is 5.62. The molecule has 0 amide bonds. The molecule has 1 aromatic heterocycles. The summed E-state index contributed by atoms with van der Waals surface area (Å²) in [5.74, 6) is 6.56. The SMILES string of the molecule is NNC(Cc1cccnc1)CC1CCCCCC1. The van der Waals surface area contributed by atoms with Crippen LogP contribution in [0.5, 0.6) is 0 Å². The number of nitrogens with two attached hydrogens (primary N) is 1. The molecule has 3 nitrogen and oxygen atoms in total. The predicted octanol–water partition coefficient (Wildman–Crippen LogP) is 2.82. The van der Waals surface area contributed by atoms with Gasteiger partial charge in [0.25, 0.3) is 0 Å². The van der Waals surface area contributed by atoms with E-state index in [1.54, 1.807) is 0 Å².